The molecule has 27 heavy (non-hydrogen) atoms. The van der Waals surface area contributed by atoms with Crippen LogP contribution in [0, 0.1) is 12.8 Å². The number of hydrogen-bond donors (Lipinski definition) is 3. The van der Waals surface area contributed by atoms with E-state index in [1.807, 2.05) is 7.05 Å². The van der Waals surface area contributed by atoms with Crippen LogP contribution in [-0.2, 0) is 11.2 Å². The van der Waals surface area contributed by atoms with Gasteiger partial charge in [0.2, 0.25) is 5.91 Å². The molecule has 0 bridgehead atoms. The number of amides is 1. The minimum atomic E-state index is 0.144. The van der Waals surface area contributed by atoms with Gasteiger partial charge in [0.05, 0.1) is 0 Å². The zero-order valence-corrected chi connectivity index (χ0v) is 16.6. The number of benzene rings is 1. The smallest absolute Gasteiger partial charge is 0.220 e. The molecule has 1 aromatic heterocycles. The van der Waals surface area contributed by atoms with Crippen molar-refractivity contribution in [2.45, 2.75) is 32.6 Å². The van der Waals surface area contributed by atoms with Crippen LogP contribution in [0.4, 0.5) is 0 Å². The fourth-order valence-corrected chi connectivity index (χ4v) is 4.00. The maximum Gasteiger partial charge on any atom is 0.220 e. The summed E-state index contributed by atoms with van der Waals surface area (Å²) in [6, 6.07) is 8.46. The molecule has 0 radical (unpaired) electrons. The van der Waals surface area contributed by atoms with Crippen LogP contribution < -0.4 is 10.6 Å². The number of piperidine rings is 1. The number of H-pyrrole nitrogens is 1. The Labute approximate surface area is 161 Å². The van der Waals surface area contributed by atoms with Gasteiger partial charge in [-0.2, -0.15) is 0 Å². The first-order valence-electron chi connectivity index (χ1n) is 9.84. The number of fused-ring (bicyclic) bond motifs is 1. The summed E-state index contributed by atoms with van der Waals surface area (Å²) in [7, 11) is 3.55. The van der Waals surface area contributed by atoms with Crippen LogP contribution in [0.25, 0.3) is 10.9 Å². The summed E-state index contributed by atoms with van der Waals surface area (Å²) >= 11 is 0. The average molecular weight is 370 g/mol. The second kappa shape index (κ2) is 8.93. The summed E-state index contributed by atoms with van der Waals surface area (Å²) in [5.74, 6) is 1.59. The second-order valence-corrected chi connectivity index (χ2v) is 7.31. The molecule has 6 nitrogen and oxygen atoms in total. The SMILES string of the molecule is CN=C(NCCc1c(C)[nH]c2ccccc12)N1CCC(CC(=O)NC)CC1. The third-order valence-electron chi connectivity index (χ3n) is 5.56. The highest BCUT2D eigenvalue weighted by Gasteiger charge is 2.23. The molecular weight excluding hydrogens is 338 g/mol. The van der Waals surface area contributed by atoms with E-state index in [9.17, 15) is 4.79 Å². The maximum absolute atomic E-state index is 11.6. The molecule has 0 aliphatic carbocycles. The summed E-state index contributed by atoms with van der Waals surface area (Å²) < 4.78 is 0. The molecule has 1 saturated heterocycles. The first kappa shape index (κ1) is 19.3. The standard InChI is InChI=1S/C21H31N5O/c1-15-17(18-6-4-5-7-19(18)25-15)8-11-24-21(23-3)26-12-9-16(10-13-26)14-20(27)22-2/h4-7,16,25H,8-14H2,1-3H3,(H,22,27)(H,23,24). The van der Waals surface area contributed by atoms with Gasteiger partial charge < -0.3 is 20.5 Å². The maximum atomic E-state index is 11.6. The van der Waals surface area contributed by atoms with E-state index < -0.39 is 0 Å². The average Bonchev–Trinajstić information content (AvgIpc) is 3.01. The van der Waals surface area contributed by atoms with Gasteiger partial charge in [0, 0.05) is 56.7 Å². The summed E-state index contributed by atoms with van der Waals surface area (Å²) in [6.45, 7) is 4.90. The van der Waals surface area contributed by atoms with Crippen molar-refractivity contribution in [1.82, 2.24) is 20.5 Å². The highest BCUT2D eigenvalue weighted by molar-refractivity contribution is 5.85. The molecule has 1 amide bonds. The minimum absolute atomic E-state index is 0.144. The molecule has 6 heteroatoms. The van der Waals surface area contributed by atoms with Crippen molar-refractivity contribution in [1.29, 1.82) is 0 Å². The zero-order valence-electron chi connectivity index (χ0n) is 16.6. The van der Waals surface area contributed by atoms with Crippen LogP contribution in [0.2, 0.25) is 0 Å². The monoisotopic (exact) mass is 369 g/mol. The number of carbonyl (C=O) groups excluding carboxylic acids is 1. The lowest BCUT2D eigenvalue weighted by Crippen LogP contribution is -2.46. The van der Waals surface area contributed by atoms with Crippen LogP contribution in [0.3, 0.4) is 0 Å². The van der Waals surface area contributed by atoms with Crippen molar-refractivity contribution in [3.63, 3.8) is 0 Å². The van der Waals surface area contributed by atoms with E-state index >= 15 is 0 Å². The molecule has 3 N–H and O–H groups in total. The molecule has 0 spiro atoms. The number of para-hydroxylation sites is 1. The van der Waals surface area contributed by atoms with Crippen molar-refractivity contribution < 1.29 is 4.79 Å². The topological polar surface area (TPSA) is 72.5 Å². The third-order valence-corrected chi connectivity index (χ3v) is 5.56. The van der Waals surface area contributed by atoms with Gasteiger partial charge in [0.1, 0.15) is 0 Å². The highest BCUT2D eigenvalue weighted by Crippen LogP contribution is 2.22. The molecule has 146 valence electrons. The van der Waals surface area contributed by atoms with Gasteiger partial charge in [-0.15, -0.1) is 0 Å². The van der Waals surface area contributed by atoms with Gasteiger partial charge in [-0.1, -0.05) is 18.2 Å². The number of carbonyl (C=O) groups is 1. The lowest BCUT2D eigenvalue weighted by Gasteiger charge is -2.34. The van der Waals surface area contributed by atoms with Crippen molar-refractivity contribution in [3.8, 4) is 0 Å². The normalized spacial score (nSPS) is 16.0. The Hall–Kier alpha value is -2.50. The summed E-state index contributed by atoms with van der Waals surface area (Å²) in [5, 5.41) is 7.55. The van der Waals surface area contributed by atoms with Gasteiger partial charge in [-0.05, 0) is 43.7 Å². The van der Waals surface area contributed by atoms with Crippen molar-refractivity contribution in [2.75, 3.05) is 33.7 Å². The lowest BCUT2D eigenvalue weighted by atomic mass is 9.93. The number of nitrogens with zero attached hydrogens (tertiary/aromatic N) is 2. The van der Waals surface area contributed by atoms with E-state index in [1.165, 1.54) is 22.2 Å². The molecule has 0 atom stereocenters. The molecule has 1 aromatic carbocycles. The molecule has 1 aliphatic heterocycles. The number of aryl methyl sites for hydroxylation is 1. The Balaban J connectivity index is 1.51. The van der Waals surface area contributed by atoms with Crippen LogP contribution in [0.5, 0.6) is 0 Å². The first-order valence-corrected chi connectivity index (χ1v) is 9.84. The number of aliphatic imine (C=N–C) groups is 1. The van der Waals surface area contributed by atoms with Gasteiger partial charge in [-0.25, -0.2) is 0 Å². The Morgan fingerprint density at radius 1 is 1.30 bits per heavy atom. The predicted octanol–water partition coefficient (Wildman–Crippen LogP) is 2.44. The number of nitrogens with one attached hydrogen (secondary N) is 3. The number of hydrogen-bond acceptors (Lipinski definition) is 2. The number of aromatic nitrogens is 1. The highest BCUT2D eigenvalue weighted by atomic mass is 16.1. The summed E-state index contributed by atoms with van der Waals surface area (Å²) in [5.41, 5.74) is 3.81. The van der Waals surface area contributed by atoms with E-state index in [-0.39, 0.29) is 5.91 Å². The molecule has 1 aliphatic rings. The number of guanidine groups is 1. The van der Waals surface area contributed by atoms with E-state index in [4.69, 9.17) is 0 Å². The fourth-order valence-electron chi connectivity index (χ4n) is 4.00. The molecule has 2 heterocycles. The lowest BCUT2D eigenvalue weighted by molar-refractivity contribution is -0.121. The number of likely N-dealkylation sites (tertiary alicyclic amines) is 1. The molecule has 0 saturated carbocycles. The Morgan fingerprint density at radius 3 is 2.74 bits per heavy atom. The minimum Gasteiger partial charge on any atom is -0.359 e. The number of aromatic amines is 1. The van der Waals surface area contributed by atoms with Crippen molar-refractivity contribution >= 4 is 22.8 Å². The van der Waals surface area contributed by atoms with Gasteiger partial charge in [0.15, 0.2) is 5.96 Å². The van der Waals surface area contributed by atoms with Crippen LogP contribution in [0.15, 0.2) is 29.3 Å². The molecule has 0 unspecified atom stereocenters. The predicted molar refractivity (Wildman–Crippen MR) is 111 cm³/mol. The van der Waals surface area contributed by atoms with Gasteiger partial charge >= 0.3 is 0 Å². The van der Waals surface area contributed by atoms with E-state index in [0.29, 0.717) is 12.3 Å². The summed E-state index contributed by atoms with van der Waals surface area (Å²) in [6.07, 6.45) is 3.67. The largest absolute Gasteiger partial charge is 0.359 e. The van der Waals surface area contributed by atoms with E-state index in [2.05, 4.69) is 56.7 Å². The van der Waals surface area contributed by atoms with E-state index in [1.54, 1.807) is 7.05 Å². The number of rotatable bonds is 5. The third kappa shape index (κ3) is 4.62. The second-order valence-electron chi connectivity index (χ2n) is 7.31. The van der Waals surface area contributed by atoms with Crippen molar-refractivity contribution in [3.05, 3.63) is 35.5 Å². The Morgan fingerprint density at radius 2 is 2.04 bits per heavy atom. The quantitative estimate of drug-likeness (QED) is 0.560. The van der Waals surface area contributed by atoms with Crippen LogP contribution in [-0.4, -0.2) is 55.5 Å². The molecular formula is C21H31N5O. The molecule has 2 aromatic rings. The summed E-state index contributed by atoms with van der Waals surface area (Å²) in [4.78, 5) is 21.8. The van der Waals surface area contributed by atoms with E-state index in [0.717, 1.165) is 44.9 Å². The van der Waals surface area contributed by atoms with Crippen LogP contribution in [0.1, 0.15) is 30.5 Å². The zero-order chi connectivity index (χ0) is 19.2. The van der Waals surface area contributed by atoms with Gasteiger partial charge in [0.25, 0.3) is 0 Å². The van der Waals surface area contributed by atoms with Crippen molar-refractivity contribution in [2.24, 2.45) is 10.9 Å². The fraction of sp³-hybridized carbons (Fsp3) is 0.524. The van der Waals surface area contributed by atoms with Gasteiger partial charge in [-0.3, -0.25) is 9.79 Å². The van der Waals surface area contributed by atoms with Crippen LogP contribution >= 0.6 is 0 Å². The molecule has 1 fully saturated rings. The molecule has 3 rings (SSSR count). The Kier molecular flexibility index (Phi) is 6.37. The Bertz CT molecular complexity index is 802. The first-order chi connectivity index (χ1) is 13.1.